The molecule has 2 amide bonds. The van der Waals surface area contributed by atoms with Crippen LogP contribution in [0.4, 0.5) is 18.9 Å². The molecule has 4 rings (SSSR count). The summed E-state index contributed by atoms with van der Waals surface area (Å²) in [6.07, 6.45) is -0.870. The van der Waals surface area contributed by atoms with E-state index in [9.17, 15) is 31.2 Å². The van der Waals surface area contributed by atoms with Crippen molar-refractivity contribution in [2.45, 2.75) is 18.5 Å². The highest BCUT2D eigenvalue weighted by Gasteiger charge is 2.33. The highest BCUT2D eigenvalue weighted by molar-refractivity contribution is 7.92. The molecule has 2 aromatic carbocycles. The van der Waals surface area contributed by atoms with Gasteiger partial charge < -0.3 is 4.74 Å². The van der Waals surface area contributed by atoms with Gasteiger partial charge in [0.1, 0.15) is 5.75 Å². The fourth-order valence-corrected chi connectivity index (χ4v) is 4.61. The predicted molar refractivity (Wildman–Crippen MR) is 127 cm³/mol. The summed E-state index contributed by atoms with van der Waals surface area (Å²) in [7, 11) is -2.22. The number of fused-ring (bicyclic) bond motifs is 1. The van der Waals surface area contributed by atoms with Crippen molar-refractivity contribution < 1.29 is 35.9 Å². The molecule has 3 aromatic rings. The quantitative estimate of drug-likeness (QED) is 0.481. The van der Waals surface area contributed by atoms with Crippen LogP contribution in [0.5, 0.6) is 5.75 Å². The van der Waals surface area contributed by atoms with Crippen LogP contribution in [0, 0.1) is 0 Å². The van der Waals surface area contributed by atoms with Gasteiger partial charge in [0.15, 0.2) is 0 Å². The number of aromatic nitrogens is 1. The Balaban J connectivity index is 1.89. The lowest BCUT2D eigenvalue weighted by Gasteiger charge is -2.21. The molecule has 0 spiro atoms. The minimum absolute atomic E-state index is 0.0351. The van der Waals surface area contributed by atoms with Gasteiger partial charge in [-0.2, -0.15) is 13.2 Å². The minimum Gasteiger partial charge on any atom is -0.496 e. The molecule has 36 heavy (non-hydrogen) atoms. The summed E-state index contributed by atoms with van der Waals surface area (Å²) >= 11 is 0. The summed E-state index contributed by atoms with van der Waals surface area (Å²) in [5.74, 6) is -2.35. The number of sulfonamides is 1. The Bertz CT molecular complexity index is 1500. The van der Waals surface area contributed by atoms with Gasteiger partial charge in [-0.05, 0) is 35.4 Å². The normalized spacial score (nSPS) is 16.2. The molecule has 8 nitrogen and oxygen atoms in total. The predicted octanol–water partition coefficient (Wildman–Crippen LogP) is 3.68. The number of imide groups is 1. The van der Waals surface area contributed by atoms with Crippen LogP contribution in [0.3, 0.4) is 0 Å². The third-order valence-electron chi connectivity index (χ3n) is 5.45. The summed E-state index contributed by atoms with van der Waals surface area (Å²) in [5.41, 5.74) is 1.75. The molecule has 2 heterocycles. The Morgan fingerprint density at radius 1 is 1.11 bits per heavy atom. The van der Waals surface area contributed by atoms with E-state index in [1.807, 2.05) is 0 Å². The number of rotatable bonds is 6. The third kappa shape index (κ3) is 5.48. The zero-order valence-electron chi connectivity index (χ0n) is 19.0. The van der Waals surface area contributed by atoms with E-state index < -0.39 is 40.4 Å². The number of hydrogen-bond donors (Lipinski definition) is 2. The maximum atomic E-state index is 13.4. The lowest BCUT2D eigenvalue weighted by atomic mass is 9.89. The monoisotopic (exact) mass is 519 g/mol. The van der Waals surface area contributed by atoms with Crippen molar-refractivity contribution in [1.29, 1.82) is 0 Å². The first-order valence-electron chi connectivity index (χ1n) is 10.5. The van der Waals surface area contributed by atoms with Crippen molar-refractivity contribution in [3.63, 3.8) is 0 Å². The van der Waals surface area contributed by atoms with Gasteiger partial charge >= 0.3 is 6.18 Å². The second-order valence-corrected chi connectivity index (χ2v) is 9.96. The summed E-state index contributed by atoms with van der Waals surface area (Å²) in [5, 5.41) is 2.41. The van der Waals surface area contributed by atoms with Crippen LogP contribution in [0.2, 0.25) is 0 Å². The van der Waals surface area contributed by atoms with Crippen LogP contribution in [-0.4, -0.2) is 44.8 Å². The number of benzene rings is 2. The fraction of sp³-hybridized carbons (Fsp3) is 0.208. The maximum absolute atomic E-state index is 13.4. The van der Waals surface area contributed by atoms with E-state index in [2.05, 4.69) is 15.0 Å². The maximum Gasteiger partial charge on any atom is 0.393 e. The number of amides is 2. The summed E-state index contributed by atoms with van der Waals surface area (Å²) in [4.78, 5) is 28.5. The number of methoxy groups -OCH3 is 1. The molecule has 0 radical (unpaired) electrons. The van der Waals surface area contributed by atoms with Gasteiger partial charge in [0.2, 0.25) is 21.8 Å². The number of carbonyl (C=O) groups excluding carboxylic acids is 2. The van der Waals surface area contributed by atoms with Gasteiger partial charge in [-0.3, -0.25) is 24.6 Å². The number of anilines is 1. The molecule has 0 aliphatic carbocycles. The van der Waals surface area contributed by atoms with E-state index in [1.165, 1.54) is 37.6 Å². The molecule has 1 aliphatic rings. The summed E-state index contributed by atoms with van der Waals surface area (Å²) in [6, 6.07) is 9.17. The van der Waals surface area contributed by atoms with Crippen LogP contribution in [0.25, 0.3) is 22.0 Å². The first-order chi connectivity index (χ1) is 16.8. The molecule has 1 unspecified atom stereocenters. The topological polar surface area (TPSA) is 114 Å². The molecule has 0 saturated heterocycles. The molecule has 2 N–H and O–H groups in total. The third-order valence-corrected chi connectivity index (χ3v) is 6.05. The lowest BCUT2D eigenvalue weighted by Crippen LogP contribution is -2.36. The van der Waals surface area contributed by atoms with Gasteiger partial charge in [-0.1, -0.05) is 18.2 Å². The van der Waals surface area contributed by atoms with Crippen LogP contribution in [0.15, 0.2) is 54.7 Å². The standard InChI is InChI=1S/C24H20F3N3O5S/c1-35-22-14(11-24(25,26)27)9-18(17-7-8-20(31)29-23(17)32)21-19(22)10-15(12-28-21)13-3-5-16(6-4-13)30-36(2,33)34/h3-10,12,17,30H,11H2,1-2H3,(H,29,31,32). The average Bonchev–Trinajstić information content (AvgIpc) is 2.77. The highest BCUT2D eigenvalue weighted by atomic mass is 32.2. The van der Waals surface area contributed by atoms with E-state index in [1.54, 1.807) is 18.2 Å². The van der Waals surface area contributed by atoms with E-state index in [4.69, 9.17) is 4.74 Å². The Morgan fingerprint density at radius 3 is 2.39 bits per heavy atom. The molecule has 188 valence electrons. The largest absolute Gasteiger partial charge is 0.496 e. The first kappa shape index (κ1) is 25.2. The van der Waals surface area contributed by atoms with Crippen molar-refractivity contribution >= 4 is 38.4 Å². The van der Waals surface area contributed by atoms with Crippen molar-refractivity contribution in [3.8, 4) is 16.9 Å². The molecule has 1 aliphatic heterocycles. The van der Waals surface area contributed by atoms with Crippen LogP contribution < -0.4 is 14.8 Å². The number of nitrogens with zero attached hydrogens (tertiary/aromatic N) is 1. The molecule has 1 atom stereocenters. The molecule has 12 heteroatoms. The Hall–Kier alpha value is -3.93. The van der Waals surface area contributed by atoms with Crippen LogP contribution in [-0.2, 0) is 26.0 Å². The molecule has 1 aromatic heterocycles. The van der Waals surface area contributed by atoms with Gasteiger partial charge in [-0.25, -0.2) is 8.42 Å². The molecular weight excluding hydrogens is 499 g/mol. The first-order valence-corrected chi connectivity index (χ1v) is 12.4. The number of halogens is 3. The summed E-state index contributed by atoms with van der Waals surface area (Å²) in [6.45, 7) is 0. The van der Waals surface area contributed by atoms with Crippen molar-refractivity contribution in [2.75, 3.05) is 18.1 Å². The zero-order chi connectivity index (χ0) is 26.3. The zero-order valence-corrected chi connectivity index (χ0v) is 19.8. The second kappa shape index (κ2) is 9.26. The number of carbonyl (C=O) groups is 2. The number of nitrogens with one attached hydrogen (secondary N) is 2. The number of hydrogen-bond acceptors (Lipinski definition) is 6. The van der Waals surface area contributed by atoms with Gasteiger partial charge in [0.25, 0.3) is 0 Å². The SMILES string of the molecule is COc1c(CC(F)(F)F)cc(C2C=CC(=O)NC2=O)c2ncc(-c3ccc(NS(C)(=O)=O)cc3)cc12. The van der Waals surface area contributed by atoms with Crippen molar-refractivity contribution in [3.05, 3.63) is 65.9 Å². The minimum atomic E-state index is -4.55. The van der Waals surface area contributed by atoms with Gasteiger partial charge in [-0.15, -0.1) is 0 Å². The van der Waals surface area contributed by atoms with E-state index in [-0.39, 0.29) is 27.8 Å². The van der Waals surface area contributed by atoms with E-state index in [0.29, 0.717) is 16.8 Å². The highest BCUT2D eigenvalue weighted by Crippen LogP contribution is 2.40. The van der Waals surface area contributed by atoms with Gasteiger partial charge in [0.05, 0.1) is 31.2 Å². The van der Waals surface area contributed by atoms with Crippen molar-refractivity contribution in [1.82, 2.24) is 10.3 Å². The Morgan fingerprint density at radius 2 is 1.81 bits per heavy atom. The Kier molecular flexibility index (Phi) is 6.48. The number of ether oxygens (including phenoxy) is 1. The lowest BCUT2D eigenvalue weighted by molar-refractivity contribution is -0.129. The number of alkyl halides is 3. The van der Waals surface area contributed by atoms with Crippen molar-refractivity contribution in [2.24, 2.45) is 0 Å². The fourth-order valence-electron chi connectivity index (χ4n) is 4.05. The second-order valence-electron chi connectivity index (χ2n) is 8.21. The van der Waals surface area contributed by atoms with Crippen LogP contribution >= 0.6 is 0 Å². The molecular formula is C24H20F3N3O5S. The molecule has 0 bridgehead atoms. The smallest absolute Gasteiger partial charge is 0.393 e. The number of pyridine rings is 1. The Labute approximate surface area is 204 Å². The average molecular weight is 520 g/mol. The van der Waals surface area contributed by atoms with E-state index >= 15 is 0 Å². The van der Waals surface area contributed by atoms with E-state index in [0.717, 1.165) is 12.3 Å². The summed E-state index contributed by atoms with van der Waals surface area (Å²) < 4.78 is 70.8. The molecule has 0 fully saturated rings. The van der Waals surface area contributed by atoms with Crippen LogP contribution in [0.1, 0.15) is 17.0 Å². The van der Waals surface area contributed by atoms with Gasteiger partial charge in [0, 0.05) is 34.5 Å². The molecule has 0 saturated carbocycles.